The highest BCUT2D eigenvalue weighted by Gasteiger charge is 2.34. The van der Waals surface area contributed by atoms with Crippen LogP contribution in [0.1, 0.15) is 37.7 Å². The summed E-state index contributed by atoms with van der Waals surface area (Å²) in [6, 6.07) is 2.21. The Labute approximate surface area is 124 Å². The number of thioether (sulfide) groups is 1. The predicted molar refractivity (Wildman–Crippen MR) is 86.3 cm³/mol. The van der Waals surface area contributed by atoms with Crippen molar-refractivity contribution in [1.82, 2.24) is 5.32 Å². The van der Waals surface area contributed by atoms with Crippen LogP contribution in [0.15, 0.2) is 21.8 Å². The van der Waals surface area contributed by atoms with Crippen molar-refractivity contribution in [2.45, 2.75) is 38.5 Å². The zero-order valence-corrected chi connectivity index (χ0v) is 13.0. The van der Waals surface area contributed by atoms with E-state index in [0.29, 0.717) is 5.41 Å². The lowest BCUT2D eigenvalue weighted by molar-refractivity contribution is 0.232. The van der Waals surface area contributed by atoms with E-state index in [1.165, 1.54) is 48.6 Å². The average Bonchev–Trinajstić information content (AvgIpc) is 2.96. The van der Waals surface area contributed by atoms with Crippen LogP contribution >= 0.6 is 23.1 Å². The summed E-state index contributed by atoms with van der Waals surface area (Å²) < 4.78 is 0. The number of hydrogen-bond acceptors (Lipinski definition) is 4. The Kier molecular flexibility index (Phi) is 4.49. The molecule has 1 fully saturated rings. The number of nitrogens with one attached hydrogen (secondary N) is 1. The molecule has 2 heterocycles. The average molecular weight is 294 g/mol. The topological polar surface area (TPSA) is 24.4 Å². The first-order valence-electron chi connectivity index (χ1n) is 7.29. The molecule has 0 saturated heterocycles. The fourth-order valence-corrected chi connectivity index (χ4v) is 4.90. The van der Waals surface area contributed by atoms with Gasteiger partial charge in [-0.3, -0.25) is 4.99 Å². The Morgan fingerprint density at radius 2 is 2.16 bits per heavy atom. The fraction of sp³-hybridized carbons (Fsp3) is 0.667. The van der Waals surface area contributed by atoms with Gasteiger partial charge < -0.3 is 5.32 Å². The second kappa shape index (κ2) is 6.31. The molecule has 1 N–H and O–H groups in total. The second-order valence-electron chi connectivity index (χ2n) is 5.78. The van der Waals surface area contributed by atoms with Crippen LogP contribution in [0.25, 0.3) is 0 Å². The van der Waals surface area contributed by atoms with E-state index in [2.05, 4.69) is 22.1 Å². The molecule has 0 radical (unpaired) electrons. The molecule has 0 amide bonds. The third-order valence-electron chi connectivity index (χ3n) is 4.26. The van der Waals surface area contributed by atoms with E-state index in [1.807, 2.05) is 11.8 Å². The van der Waals surface area contributed by atoms with Crippen LogP contribution in [0.4, 0.5) is 0 Å². The zero-order chi connectivity index (χ0) is 13.0. The Morgan fingerprint density at radius 3 is 2.84 bits per heavy atom. The van der Waals surface area contributed by atoms with Crippen molar-refractivity contribution < 1.29 is 0 Å². The van der Waals surface area contributed by atoms with Crippen LogP contribution in [-0.2, 0) is 6.42 Å². The van der Waals surface area contributed by atoms with Crippen molar-refractivity contribution in [3.63, 3.8) is 0 Å². The maximum Gasteiger partial charge on any atom is 0.156 e. The van der Waals surface area contributed by atoms with Gasteiger partial charge in [0.25, 0.3) is 0 Å². The van der Waals surface area contributed by atoms with E-state index < -0.39 is 0 Å². The van der Waals surface area contributed by atoms with E-state index in [9.17, 15) is 0 Å². The van der Waals surface area contributed by atoms with Gasteiger partial charge in [-0.15, -0.1) is 0 Å². The maximum absolute atomic E-state index is 4.80. The monoisotopic (exact) mass is 294 g/mol. The first kappa shape index (κ1) is 13.5. The van der Waals surface area contributed by atoms with Gasteiger partial charge in [0, 0.05) is 18.8 Å². The fourth-order valence-electron chi connectivity index (χ4n) is 3.01. The summed E-state index contributed by atoms with van der Waals surface area (Å²) in [4.78, 5) is 4.80. The minimum absolute atomic E-state index is 0.543. The van der Waals surface area contributed by atoms with E-state index >= 15 is 0 Å². The molecule has 0 atom stereocenters. The van der Waals surface area contributed by atoms with E-state index in [1.54, 1.807) is 11.3 Å². The molecule has 1 spiro atoms. The molecule has 19 heavy (non-hydrogen) atoms. The molecule has 1 aromatic rings. The molecule has 0 unspecified atom stereocenters. The van der Waals surface area contributed by atoms with Gasteiger partial charge in [-0.1, -0.05) is 31.0 Å². The third-order valence-corrected chi connectivity index (χ3v) is 6.29. The van der Waals surface area contributed by atoms with Gasteiger partial charge in [0.1, 0.15) is 0 Å². The molecule has 3 rings (SSSR count). The minimum Gasteiger partial charge on any atom is -0.365 e. The molecule has 104 valence electrons. The standard InChI is InChI=1S/C15H22N2S2/c1-2-6-15(7-3-1)11-17-14(19-12-15)16-8-4-13-5-9-18-10-13/h5,9-10H,1-4,6-8,11-12H2,(H,16,17). The number of aliphatic imine (C=N–C) groups is 1. The van der Waals surface area contributed by atoms with E-state index in [-0.39, 0.29) is 0 Å². The Hall–Kier alpha value is -0.480. The minimum atomic E-state index is 0.543. The molecular formula is C15H22N2S2. The molecule has 1 saturated carbocycles. The Morgan fingerprint density at radius 1 is 1.26 bits per heavy atom. The van der Waals surface area contributed by atoms with Crippen molar-refractivity contribution in [2.75, 3.05) is 18.8 Å². The quantitative estimate of drug-likeness (QED) is 0.913. The highest BCUT2D eigenvalue weighted by atomic mass is 32.2. The Bertz CT molecular complexity index is 419. The predicted octanol–water partition coefficient (Wildman–Crippen LogP) is 3.93. The van der Waals surface area contributed by atoms with Crippen molar-refractivity contribution in [2.24, 2.45) is 10.4 Å². The number of thiophene rings is 1. The van der Waals surface area contributed by atoms with Crippen molar-refractivity contribution in [3.05, 3.63) is 22.4 Å². The van der Waals surface area contributed by atoms with Gasteiger partial charge in [0.2, 0.25) is 0 Å². The van der Waals surface area contributed by atoms with E-state index in [0.717, 1.165) is 19.5 Å². The normalized spacial score (nSPS) is 22.2. The highest BCUT2D eigenvalue weighted by Crippen LogP contribution is 2.41. The first-order valence-corrected chi connectivity index (χ1v) is 9.21. The van der Waals surface area contributed by atoms with Gasteiger partial charge in [-0.05, 0) is 47.1 Å². The second-order valence-corrected chi connectivity index (χ2v) is 7.52. The molecule has 0 bridgehead atoms. The lowest BCUT2D eigenvalue weighted by Crippen LogP contribution is -2.37. The van der Waals surface area contributed by atoms with Crippen molar-refractivity contribution in [1.29, 1.82) is 0 Å². The molecule has 4 heteroatoms. The summed E-state index contributed by atoms with van der Waals surface area (Å²) in [6.45, 7) is 2.07. The largest absolute Gasteiger partial charge is 0.365 e. The SMILES string of the molecule is c1cc(CCNC2=NCC3(CCCCC3)CS2)cs1. The summed E-state index contributed by atoms with van der Waals surface area (Å²) in [7, 11) is 0. The van der Waals surface area contributed by atoms with Crippen LogP contribution in [0, 0.1) is 5.41 Å². The lowest BCUT2D eigenvalue weighted by atomic mass is 9.75. The summed E-state index contributed by atoms with van der Waals surface area (Å²) in [5.41, 5.74) is 1.98. The van der Waals surface area contributed by atoms with Gasteiger partial charge >= 0.3 is 0 Å². The molecule has 2 aliphatic rings. The number of hydrogen-bond donors (Lipinski definition) is 1. The summed E-state index contributed by atoms with van der Waals surface area (Å²) >= 11 is 3.72. The molecule has 0 aromatic carbocycles. The first-order chi connectivity index (χ1) is 9.36. The van der Waals surface area contributed by atoms with Crippen molar-refractivity contribution in [3.8, 4) is 0 Å². The number of rotatable bonds is 3. The number of nitrogens with zero attached hydrogens (tertiary/aromatic N) is 1. The summed E-state index contributed by atoms with van der Waals surface area (Å²) in [5.74, 6) is 1.28. The van der Waals surface area contributed by atoms with Crippen LogP contribution in [0.5, 0.6) is 0 Å². The molecule has 1 aromatic heterocycles. The Balaban J connectivity index is 1.45. The molecule has 1 aliphatic carbocycles. The lowest BCUT2D eigenvalue weighted by Gasteiger charge is -2.38. The van der Waals surface area contributed by atoms with Crippen LogP contribution < -0.4 is 5.32 Å². The smallest absolute Gasteiger partial charge is 0.156 e. The van der Waals surface area contributed by atoms with E-state index in [4.69, 9.17) is 4.99 Å². The van der Waals surface area contributed by atoms with Gasteiger partial charge in [0.15, 0.2) is 5.17 Å². The van der Waals surface area contributed by atoms with Gasteiger partial charge in [0.05, 0.1) is 0 Å². The van der Waals surface area contributed by atoms with Crippen LogP contribution in [0.2, 0.25) is 0 Å². The third kappa shape index (κ3) is 3.54. The molecular weight excluding hydrogens is 272 g/mol. The van der Waals surface area contributed by atoms with Crippen molar-refractivity contribution >= 4 is 28.3 Å². The van der Waals surface area contributed by atoms with Crippen LogP contribution in [0.3, 0.4) is 0 Å². The molecule has 2 nitrogen and oxygen atoms in total. The summed E-state index contributed by atoms with van der Waals surface area (Å²) in [6.07, 6.45) is 8.15. The molecule has 1 aliphatic heterocycles. The van der Waals surface area contributed by atoms with Gasteiger partial charge in [-0.25, -0.2) is 0 Å². The zero-order valence-electron chi connectivity index (χ0n) is 11.4. The van der Waals surface area contributed by atoms with Gasteiger partial charge in [-0.2, -0.15) is 11.3 Å². The summed E-state index contributed by atoms with van der Waals surface area (Å²) in [5, 5.41) is 9.05. The number of amidine groups is 1. The van der Waals surface area contributed by atoms with Crippen LogP contribution in [-0.4, -0.2) is 24.0 Å². The maximum atomic E-state index is 4.80. The highest BCUT2D eigenvalue weighted by molar-refractivity contribution is 8.13.